The van der Waals surface area contributed by atoms with Crippen LogP contribution in [0.3, 0.4) is 0 Å². The summed E-state index contributed by atoms with van der Waals surface area (Å²) in [4.78, 5) is 31.1. The van der Waals surface area contributed by atoms with Crippen molar-refractivity contribution >= 4 is 68.1 Å². The number of thioether (sulfide) groups is 1. The molecule has 5 nitrogen and oxygen atoms in total. The standard InChI is InChI=1S/C17H15Cl2N3O2S2/c1-8-9(2)26-15-14(8)16(24)22(3)17(21-15)25-7-13(23)20-12-5-10(18)4-11(19)6-12/h4-6H,7H2,1-3H3,(H,20,23). The number of thiophene rings is 1. The van der Waals surface area contributed by atoms with Crippen LogP contribution in [0.2, 0.25) is 10.0 Å². The summed E-state index contributed by atoms with van der Waals surface area (Å²) >= 11 is 14.5. The van der Waals surface area contributed by atoms with Crippen molar-refractivity contribution in [3.63, 3.8) is 0 Å². The van der Waals surface area contributed by atoms with Crippen molar-refractivity contribution in [3.8, 4) is 0 Å². The molecule has 3 rings (SSSR count). The summed E-state index contributed by atoms with van der Waals surface area (Å²) in [6, 6.07) is 4.83. The van der Waals surface area contributed by atoms with Crippen LogP contribution in [-0.2, 0) is 11.8 Å². The van der Waals surface area contributed by atoms with Gasteiger partial charge in [0, 0.05) is 27.7 Å². The van der Waals surface area contributed by atoms with E-state index in [9.17, 15) is 9.59 Å². The van der Waals surface area contributed by atoms with E-state index in [0.29, 0.717) is 31.1 Å². The molecule has 0 unspecified atom stereocenters. The van der Waals surface area contributed by atoms with E-state index >= 15 is 0 Å². The van der Waals surface area contributed by atoms with E-state index in [4.69, 9.17) is 23.2 Å². The minimum absolute atomic E-state index is 0.0959. The fraction of sp³-hybridized carbons (Fsp3) is 0.235. The van der Waals surface area contributed by atoms with Gasteiger partial charge in [0.05, 0.1) is 11.1 Å². The number of aromatic nitrogens is 2. The molecule has 0 spiro atoms. The average molecular weight is 428 g/mol. The lowest BCUT2D eigenvalue weighted by Gasteiger charge is -2.08. The van der Waals surface area contributed by atoms with Gasteiger partial charge in [-0.2, -0.15) is 0 Å². The molecule has 1 N–H and O–H groups in total. The van der Waals surface area contributed by atoms with Crippen molar-refractivity contribution in [2.75, 3.05) is 11.1 Å². The molecule has 2 heterocycles. The van der Waals surface area contributed by atoms with Crippen LogP contribution >= 0.6 is 46.3 Å². The number of rotatable bonds is 4. The summed E-state index contributed by atoms with van der Waals surface area (Å²) in [5.74, 6) is -0.125. The number of carbonyl (C=O) groups excluding carboxylic acids is 1. The molecule has 0 atom stereocenters. The number of nitrogens with zero attached hydrogens (tertiary/aromatic N) is 2. The SMILES string of the molecule is Cc1sc2nc(SCC(=O)Nc3cc(Cl)cc(Cl)c3)n(C)c(=O)c2c1C. The Balaban J connectivity index is 1.78. The maximum absolute atomic E-state index is 12.6. The highest BCUT2D eigenvalue weighted by molar-refractivity contribution is 7.99. The van der Waals surface area contributed by atoms with Crippen molar-refractivity contribution in [3.05, 3.63) is 49.0 Å². The highest BCUT2D eigenvalue weighted by Gasteiger charge is 2.16. The summed E-state index contributed by atoms with van der Waals surface area (Å²) in [5, 5.41) is 4.78. The number of halogens is 2. The third kappa shape index (κ3) is 3.91. The average Bonchev–Trinajstić information content (AvgIpc) is 2.83. The third-order valence-electron chi connectivity index (χ3n) is 3.85. The molecule has 0 aliphatic heterocycles. The number of carbonyl (C=O) groups is 1. The Bertz CT molecular complexity index is 1060. The maximum atomic E-state index is 12.6. The van der Waals surface area contributed by atoms with E-state index in [1.807, 2.05) is 13.8 Å². The molecule has 2 aromatic heterocycles. The number of amides is 1. The number of benzene rings is 1. The second kappa shape index (κ2) is 7.60. The Kier molecular flexibility index (Phi) is 5.62. The molecule has 0 saturated heterocycles. The molecule has 9 heteroatoms. The number of nitrogens with one attached hydrogen (secondary N) is 1. The highest BCUT2D eigenvalue weighted by atomic mass is 35.5. The largest absolute Gasteiger partial charge is 0.325 e. The van der Waals surface area contributed by atoms with E-state index in [1.54, 1.807) is 25.2 Å². The van der Waals surface area contributed by atoms with Gasteiger partial charge in [-0.3, -0.25) is 14.2 Å². The second-order valence-corrected chi connectivity index (χ2v) is 8.74. The van der Waals surface area contributed by atoms with Gasteiger partial charge in [-0.25, -0.2) is 4.98 Å². The van der Waals surface area contributed by atoms with E-state index in [-0.39, 0.29) is 17.2 Å². The van der Waals surface area contributed by atoms with Crippen LogP contribution in [-0.4, -0.2) is 21.2 Å². The summed E-state index contributed by atoms with van der Waals surface area (Å²) in [5.41, 5.74) is 1.39. The first kappa shape index (κ1) is 19.2. The van der Waals surface area contributed by atoms with Crippen LogP contribution in [0.5, 0.6) is 0 Å². The zero-order valence-corrected chi connectivity index (χ0v) is 17.4. The lowest BCUT2D eigenvalue weighted by molar-refractivity contribution is -0.113. The van der Waals surface area contributed by atoms with E-state index < -0.39 is 0 Å². The van der Waals surface area contributed by atoms with E-state index in [0.717, 1.165) is 10.4 Å². The summed E-state index contributed by atoms with van der Waals surface area (Å²) in [6.07, 6.45) is 0. The zero-order valence-electron chi connectivity index (χ0n) is 14.2. The van der Waals surface area contributed by atoms with Gasteiger partial charge in [-0.1, -0.05) is 35.0 Å². The van der Waals surface area contributed by atoms with Crippen molar-refractivity contribution in [2.24, 2.45) is 7.05 Å². The second-order valence-electron chi connectivity index (χ2n) is 5.72. The minimum Gasteiger partial charge on any atom is -0.325 e. The number of aryl methyl sites for hydroxylation is 2. The molecule has 1 aromatic carbocycles. The van der Waals surface area contributed by atoms with Gasteiger partial charge >= 0.3 is 0 Å². The first-order valence-corrected chi connectivity index (χ1v) is 10.2. The molecule has 0 radical (unpaired) electrons. The van der Waals surface area contributed by atoms with E-state index in [1.165, 1.54) is 27.7 Å². The van der Waals surface area contributed by atoms with Gasteiger partial charge in [0.2, 0.25) is 5.91 Å². The first-order chi connectivity index (χ1) is 12.3. The molecule has 1 amide bonds. The Morgan fingerprint density at radius 1 is 1.27 bits per heavy atom. The fourth-order valence-electron chi connectivity index (χ4n) is 2.44. The van der Waals surface area contributed by atoms with Gasteiger partial charge < -0.3 is 5.32 Å². The van der Waals surface area contributed by atoms with Crippen LogP contribution in [0, 0.1) is 13.8 Å². The molecular formula is C17H15Cl2N3O2S2. The number of anilines is 1. The Labute approximate surface area is 168 Å². The number of hydrogen-bond acceptors (Lipinski definition) is 5. The predicted octanol–water partition coefficient (Wildman–Crippen LogP) is 4.65. The fourth-order valence-corrected chi connectivity index (χ4v) is 4.81. The van der Waals surface area contributed by atoms with Crippen molar-refractivity contribution < 1.29 is 4.79 Å². The normalized spacial score (nSPS) is 11.1. The topological polar surface area (TPSA) is 64.0 Å². The van der Waals surface area contributed by atoms with Crippen molar-refractivity contribution in [2.45, 2.75) is 19.0 Å². The highest BCUT2D eigenvalue weighted by Crippen LogP contribution is 2.28. The van der Waals surface area contributed by atoms with Crippen molar-refractivity contribution in [1.29, 1.82) is 0 Å². The lowest BCUT2D eigenvalue weighted by atomic mass is 10.2. The van der Waals surface area contributed by atoms with Gasteiger partial charge in [0.1, 0.15) is 4.83 Å². The van der Waals surface area contributed by atoms with Crippen LogP contribution < -0.4 is 10.9 Å². The van der Waals surface area contributed by atoms with Gasteiger partial charge in [0.15, 0.2) is 5.16 Å². The molecular weight excluding hydrogens is 413 g/mol. The maximum Gasteiger partial charge on any atom is 0.262 e. The number of fused-ring (bicyclic) bond motifs is 1. The van der Waals surface area contributed by atoms with Crippen LogP contribution in [0.25, 0.3) is 10.2 Å². The Hall–Kier alpha value is -1.54. The van der Waals surface area contributed by atoms with Crippen LogP contribution in [0.1, 0.15) is 10.4 Å². The van der Waals surface area contributed by atoms with Gasteiger partial charge in [-0.15, -0.1) is 11.3 Å². The van der Waals surface area contributed by atoms with Crippen molar-refractivity contribution in [1.82, 2.24) is 9.55 Å². The van der Waals surface area contributed by atoms with E-state index in [2.05, 4.69) is 10.3 Å². The summed E-state index contributed by atoms with van der Waals surface area (Å²) < 4.78 is 1.48. The molecule has 136 valence electrons. The van der Waals surface area contributed by atoms with Crippen LogP contribution in [0.4, 0.5) is 5.69 Å². The molecule has 0 saturated carbocycles. The van der Waals surface area contributed by atoms with Crippen LogP contribution in [0.15, 0.2) is 28.2 Å². The monoisotopic (exact) mass is 427 g/mol. The Morgan fingerprint density at radius 2 is 1.92 bits per heavy atom. The summed E-state index contributed by atoms with van der Waals surface area (Å²) in [7, 11) is 1.66. The predicted molar refractivity (Wildman–Crippen MR) is 110 cm³/mol. The molecule has 0 aliphatic rings. The lowest BCUT2D eigenvalue weighted by Crippen LogP contribution is -2.21. The molecule has 3 aromatic rings. The first-order valence-electron chi connectivity index (χ1n) is 7.61. The Morgan fingerprint density at radius 3 is 2.58 bits per heavy atom. The van der Waals surface area contributed by atoms with Gasteiger partial charge in [0.25, 0.3) is 5.56 Å². The minimum atomic E-state index is -0.235. The third-order valence-corrected chi connectivity index (χ3v) is 6.42. The molecule has 0 bridgehead atoms. The molecule has 26 heavy (non-hydrogen) atoms. The molecule has 0 fully saturated rings. The summed E-state index contributed by atoms with van der Waals surface area (Å²) in [6.45, 7) is 3.89. The zero-order chi connectivity index (χ0) is 19.0. The number of hydrogen-bond donors (Lipinski definition) is 1. The quantitative estimate of drug-likeness (QED) is 0.486. The van der Waals surface area contributed by atoms with Gasteiger partial charge in [-0.05, 0) is 37.6 Å². The smallest absolute Gasteiger partial charge is 0.262 e. The molecule has 0 aliphatic carbocycles.